The Morgan fingerprint density at radius 3 is 2.80 bits per heavy atom. The van der Waals surface area contributed by atoms with Gasteiger partial charge in [-0.1, -0.05) is 6.07 Å². The number of hydrogen-bond donors (Lipinski definition) is 1. The number of halogens is 2. The second-order valence-electron chi connectivity index (χ2n) is 4.10. The molecule has 104 valence electrons. The Hall–Kier alpha value is -2.50. The summed E-state index contributed by atoms with van der Waals surface area (Å²) >= 11 is 0. The number of rotatable bonds is 4. The van der Waals surface area contributed by atoms with Crippen molar-refractivity contribution in [3.8, 4) is 0 Å². The van der Waals surface area contributed by atoms with Crippen LogP contribution in [-0.4, -0.2) is 17.6 Å². The van der Waals surface area contributed by atoms with Crippen LogP contribution in [0.1, 0.15) is 15.9 Å². The van der Waals surface area contributed by atoms with E-state index >= 15 is 0 Å². The summed E-state index contributed by atoms with van der Waals surface area (Å²) in [4.78, 5) is 15.5. The minimum atomic E-state index is -0.926. The van der Waals surface area contributed by atoms with Crippen LogP contribution in [0.4, 0.5) is 14.5 Å². The van der Waals surface area contributed by atoms with Gasteiger partial charge in [0.05, 0.1) is 17.9 Å². The van der Waals surface area contributed by atoms with Crippen LogP contribution in [0.15, 0.2) is 36.7 Å². The first-order valence-corrected chi connectivity index (χ1v) is 5.88. The van der Waals surface area contributed by atoms with Gasteiger partial charge in [-0.15, -0.1) is 0 Å². The minimum Gasteiger partial charge on any atom is -0.462 e. The third kappa shape index (κ3) is 3.28. The van der Waals surface area contributed by atoms with E-state index in [9.17, 15) is 13.6 Å². The molecule has 0 aliphatic carbocycles. The van der Waals surface area contributed by atoms with E-state index in [4.69, 9.17) is 10.5 Å². The van der Waals surface area contributed by atoms with E-state index in [-0.39, 0.29) is 12.3 Å². The molecule has 0 aliphatic heterocycles. The number of ether oxygens (including phenoxy) is 1. The number of carbonyl (C=O) groups excluding carboxylic acids is 1. The predicted octanol–water partition coefficient (Wildman–Crippen LogP) is 2.34. The molecule has 2 N–H and O–H groups in total. The van der Waals surface area contributed by atoms with Crippen molar-refractivity contribution in [1.29, 1.82) is 0 Å². The largest absolute Gasteiger partial charge is 0.462 e. The number of anilines is 1. The highest BCUT2D eigenvalue weighted by Gasteiger charge is 2.16. The summed E-state index contributed by atoms with van der Waals surface area (Å²) < 4.78 is 31.6. The van der Waals surface area contributed by atoms with Gasteiger partial charge in [-0.05, 0) is 17.7 Å². The zero-order valence-corrected chi connectivity index (χ0v) is 10.5. The summed E-state index contributed by atoms with van der Waals surface area (Å²) in [6.07, 6.45) is 3.71. The Morgan fingerprint density at radius 1 is 1.30 bits per heavy atom. The van der Waals surface area contributed by atoms with E-state index in [0.29, 0.717) is 6.42 Å². The van der Waals surface area contributed by atoms with Crippen LogP contribution in [0.3, 0.4) is 0 Å². The fourth-order valence-corrected chi connectivity index (χ4v) is 1.60. The van der Waals surface area contributed by atoms with Gasteiger partial charge in [-0.2, -0.15) is 0 Å². The summed E-state index contributed by atoms with van der Waals surface area (Å²) in [6, 6.07) is 5.07. The van der Waals surface area contributed by atoms with Crippen LogP contribution >= 0.6 is 0 Å². The first-order valence-electron chi connectivity index (χ1n) is 5.88. The molecule has 0 unspecified atom stereocenters. The second-order valence-corrected chi connectivity index (χ2v) is 4.10. The number of nitrogen functional groups attached to an aromatic ring is 1. The lowest BCUT2D eigenvalue weighted by Gasteiger charge is -2.07. The first-order chi connectivity index (χ1) is 9.58. The fraction of sp³-hybridized carbons (Fsp3) is 0.143. The molecule has 1 heterocycles. The average molecular weight is 278 g/mol. The van der Waals surface area contributed by atoms with Crippen molar-refractivity contribution in [2.45, 2.75) is 6.42 Å². The van der Waals surface area contributed by atoms with Gasteiger partial charge >= 0.3 is 5.97 Å². The molecule has 0 bridgehead atoms. The van der Waals surface area contributed by atoms with E-state index in [1.807, 2.05) is 6.07 Å². The molecular formula is C14H12F2N2O2. The van der Waals surface area contributed by atoms with Gasteiger partial charge in [-0.25, -0.2) is 13.6 Å². The molecule has 0 amide bonds. The Kier molecular flexibility index (Phi) is 4.24. The molecule has 6 heteroatoms. The number of benzene rings is 1. The molecular weight excluding hydrogens is 266 g/mol. The number of hydrogen-bond acceptors (Lipinski definition) is 4. The Labute approximate surface area is 114 Å². The maximum absolute atomic E-state index is 13.5. The van der Waals surface area contributed by atoms with Crippen LogP contribution in [0.25, 0.3) is 0 Å². The molecule has 4 nitrogen and oxygen atoms in total. The Bertz CT molecular complexity index is 618. The van der Waals surface area contributed by atoms with Crippen molar-refractivity contribution in [2.24, 2.45) is 0 Å². The molecule has 2 rings (SSSR count). The summed E-state index contributed by atoms with van der Waals surface area (Å²) in [5.41, 5.74) is 5.25. The van der Waals surface area contributed by atoms with Crippen molar-refractivity contribution >= 4 is 11.7 Å². The molecule has 1 aromatic heterocycles. The van der Waals surface area contributed by atoms with Crippen LogP contribution in [0.5, 0.6) is 0 Å². The highest BCUT2D eigenvalue weighted by atomic mass is 19.1. The van der Waals surface area contributed by atoms with E-state index in [1.54, 1.807) is 18.5 Å². The molecule has 20 heavy (non-hydrogen) atoms. The maximum atomic E-state index is 13.5. The first kappa shape index (κ1) is 13.9. The van der Waals surface area contributed by atoms with Gasteiger partial charge < -0.3 is 10.5 Å². The number of nitrogens with zero attached hydrogens (tertiary/aromatic N) is 1. The molecule has 0 aliphatic rings. The summed E-state index contributed by atoms with van der Waals surface area (Å²) in [5.74, 6) is -2.69. The summed E-state index contributed by atoms with van der Waals surface area (Å²) in [5, 5.41) is 0. The quantitative estimate of drug-likeness (QED) is 0.688. The molecule has 0 spiro atoms. The van der Waals surface area contributed by atoms with Crippen molar-refractivity contribution in [3.63, 3.8) is 0 Å². The molecule has 0 atom stereocenters. The van der Waals surface area contributed by atoms with Crippen LogP contribution < -0.4 is 5.73 Å². The molecule has 0 fully saturated rings. The number of pyridine rings is 1. The normalized spacial score (nSPS) is 10.3. The van der Waals surface area contributed by atoms with Gasteiger partial charge in [-0.3, -0.25) is 4.98 Å². The van der Waals surface area contributed by atoms with E-state index in [1.165, 1.54) is 0 Å². The predicted molar refractivity (Wildman–Crippen MR) is 69.0 cm³/mol. The monoisotopic (exact) mass is 278 g/mol. The zero-order valence-electron chi connectivity index (χ0n) is 10.5. The van der Waals surface area contributed by atoms with Crippen LogP contribution in [-0.2, 0) is 11.2 Å². The van der Waals surface area contributed by atoms with Crippen LogP contribution in [0, 0.1) is 11.6 Å². The minimum absolute atomic E-state index is 0.0515. The molecule has 2 aromatic rings. The van der Waals surface area contributed by atoms with Crippen molar-refractivity contribution in [2.75, 3.05) is 12.3 Å². The van der Waals surface area contributed by atoms with E-state index < -0.39 is 23.2 Å². The van der Waals surface area contributed by atoms with Gasteiger partial charge in [0.2, 0.25) is 0 Å². The molecule has 0 radical (unpaired) electrons. The Morgan fingerprint density at radius 2 is 2.10 bits per heavy atom. The van der Waals surface area contributed by atoms with Gasteiger partial charge in [0.25, 0.3) is 0 Å². The highest BCUT2D eigenvalue weighted by molar-refractivity contribution is 5.90. The van der Waals surface area contributed by atoms with Crippen molar-refractivity contribution in [1.82, 2.24) is 4.98 Å². The van der Waals surface area contributed by atoms with Gasteiger partial charge in [0, 0.05) is 24.9 Å². The zero-order chi connectivity index (χ0) is 14.5. The van der Waals surface area contributed by atoms with Crippen LogP contribution in [0.2, 0.25) is 0 Å². The van der Waals surface area contributed by atoms with E-state index in [2.05, 4.69) is 4.98 Å². The topological polar surface area (TPSA) is 65.2 Å². The average Bonchev–Trinajstić information content (AvgIpc) is 2.44. The van der Waals surface area contributed by atoms with E-state index in [0.717, 1.165) is 17.7 Å². The number of nitrogens with two attached hydrogens (primary N) is 1. The van der Waals surface area contributed by atoms with Crippen molar-refractivity contribution < 1.29 is 18.3 Å². The summed E-state index contributed by atoms with van der Waals surface area (Å²) in [7, 11) is 0. The number of carbonyl (C=O) groups is 1. The number of aromatic nitrogens is 1. The number of esters is 1. The standard InChI is InChI=1S/C14H12F2N2O2/c15-11-7-13(17)12(16)6-10(11)14(19)20-5-3-9-2-1-4-18-8-9/h1-2,4,6-8H,3,5,17H2. The fourth-order valence-electron chi connectivity index (χ4n) is 1.60. The smallest absolute Gasteiger partial charge is 0.341 e. The van der Waals surface area contributed by atoms with Gasteiger partial charge in [0.1, 0.15) is 11.6 Å². The lowest BCUT2D eigenvalue weighted by molar-refractivity contribution is 0.0503. The maximum Gasteiger partial charge on any atom is 0.341 e. The molecule has 0 saturated heterocycles. The second kappa shape index (κ2) is 6.10. The molecule has 0 saturated carbocycles. The third-order valence-electron chi connectivity index (χ3n) is 2.65. The highest BCUT2D eigenvalue weighted by Crippen LogP contribution is 2.17. The van der Waals surface area contributed by atoms with Crippen molar-refractivity contribution in [3.05, 3.63) is 59.4 Å². The lowest BCUT2D eigenvalue weighted by atomic mass is 10.2. The summed E-state index contributed by atoms with van der Waals surface area (Å²) in [6.45, 7) is 0.0515. The Balaban J connectivity index is 1.97. The lowest BCUT2D eigenvalue weighted by Crippen LogP contribution is -2.11. The SMILES string of the molecule is Nc1cc(F)c(C(=O)OCCc2cccnc2)cc1F. The third-order valence-corrected chi connectivity index (χ3v) is 2.65. The van der Waals surface area contributed by atoms with Gasteiger partial charge in [0.15, 0.2) is 0 Å². The molecule has 1 aromatic carbocycles.